The molecule has 2 N–H and O–H groups in total. The summed E-state index contributed by atoms with van der Waals surface area (Å²) in [6.45, 7) is 4.60. The van der Waals surface area contributed by atoms with E-state index >= 15 is 0 Å². The Kier molecular flexibility index (Phi) is 4.26. The highest BCUT2D eigenvalue weighted by molar-refractivity contribution is 8.01. The van der Waals surface area contributed by atoms with E-state index in [9.17, 15) is 4.79 Å². The van der Waals surface area contributed by atoms with Crippen LogP contribution in [0.1, 0.15) is 31.3 Å². The molecule has 1 amide bonds. The lowest BCUT2D eigenvalue weighted by atomic mass is 9.95. The fraction of sp³-hybridized carbons (Fsp3) is 0.529. The lowest BCUT2D eigenvalue weighted by Crippen LogP contribution is -2.65. The Morgan fingerprint density at radius 2 is 2.07 bits per heavy atom. The van der Waals surface area contributed by atoms with Crippen molar-refractivity contribution in [1.29, 1.82) is 0 Å². The molecule has 2 aliphatic rings. The van der Waals surface area contributed by atoms with Crippen LogP contribution in [-0.4, -0.2) is 61.4 Å². The monoisotopic (exact) mass is 390 g/mol. The molecule has 3 atom stereocenters. The van der Waals surface area contributed by atoms with Gasteiger partial charge in [0.15, 0.2) is 5.82 Å². The van der Waals surface area contributed by atoms with Gasteiger partial charge >= 0.3 is 0 Å². The number of fused-ring (bicyclic) bond motifs is 1. The van der Waals surface area contributed by atoms with E-state index in [4.69, 9.17) is 15.2 Å². The number of amides is 1. The topological polar surface area (TPSA) is 108 Å². The molecule has 10 heteroatoms. The van der Waals surface area contributed by atoms with Crippen LogP contribution in [0, 0.1) is 0 Å². The van der Waals surface area contributed by atoms with Crippen molar-refractivity contribution in [3.05, 3.63) is 29.6 Å². The number of nitrogens with zero attached hydrogens (tertiary/aromatic N) is 5. The summed E-state index contributed by atoms with van der Waals surface area (Å²) in [4.78, 5) is 14.2. The predicted octanol–water partition coefficient (Wildman–Crippen LogP) is 0.801. The maximum atomic E-state index is 12.4. The van der Waals surface area contributed by atoms with E-state index in [-0.39, 0.29) is 22.1 Å². The van der Waals surface area contributed by atoms with E-state index in [0.29, 0.717) is 23.9 Å². The number of ether oxygens (including phenoxy) is 2. The zero-order chi connectivity index (χ0) is 19.3. The second-order valence-electron chi connectivity index (χ2n) is 7.16. The van der Waals surface area contributed by atoms with Gasteiger partial charge in [-0.3, -0.25) is 4.79 Å². The van der Waals surface area contributed by atoms with Crippen molar-refractivity contribution in [3.63, 3.8) is 0 Å². The van der Waals surface area contributed by atoms with Crippen LogP contribution in [0.2, 0.25) is 0 Å². The number of benzene rings is 1. The first-order chi connectivity index (χ1) is 12.9. The van der Waals surface area contributed by atoms with Crippen LogP contribution < -0.4 is 15.2 Å². The minimum absolute atomic E-state index is 0.0295. The first kappa shape index (κ1) is 18.1. The molecule has 1 aromatic heterocycles. The van der Waals surface area contributed by atoms with Crippen LogP contribution in [0.15, 0.2) is 18.2 Å². The summed E-state index contributed by atoms with van der Waals surface area (Å²) in [6.07, 6.45) is 0. The third-order valence-corrected chi connectivity index (χ3v) is 6.69. The number of carbonyl (C=O) groups is 1. The average molecular weight is 390 g/mol. The van der Waals surface area contributed by atoms with Gasteiger partial charge in [0.25, 0.3) is 0 Å². The van der Waals surface area contributed by atoms with Crippen LogP contribution in [-0.2, 0) is 11.3 Å². The van der Waals surface area contributed by atoms with Crippen LogP contribution in [0.25, 0.3) is 0 Å². The summed E-state index contributed by atoms with van der Waals surface area (Å²) in [5.74, 6) is 1.99. The minimum Gasteiger partial charge on any atom is -0.497 e. The maximum absolute atomic E-state index is 12.4. The number of tetrazole rings is 1. The number of methoxy groups -OCH3 is 2. The Bertz CT molecular complexity index is 885. The zero-order valence-corrected chi connectivity index (χ0v) is 16.4. The summed E-state index contributed by atoms with van der Waals surface area (Å²) in [5.41, 5.74) is 6.89. The average Bonchev–Trinajstić information content (AvgIpc) is 3.21. The van der Waals surface area contributed by atoms with Gasteiger partial charge in [-0.05, 0) is 36.4 Å². The fourth-order valence-electron chi connectivity index (χ4n) is 3.72. The van der Waals surface area contributed by atoms with Crippen molar-refractivity contribution in [1.82, 2.24) is 25.1 Å². The van der Waals surface area contributed by atoms with E-state index in [2.05, 4.69) is 29.4 Å². The smallest absolute Gasteiger partial charge is 0.244 e. The third-order valence-electron chi connectivity index (χ3n) is 5.10. The normalized spacial score (nSPS) is 25.9. The molecule has 2 fully saturated rings. The molecule has 3 heterocycles. The highest BCUT2D eigenvalue weighted by atomic mass is 32.2. The maximum Gasteiger partial charge on any atom is 0.244 e. The Morgan fingerprint density at radius 1 is 1.30 bits per heavy atom. The van der Waals surface area contributed by atoms with Crippen LogP contribution >= 0.6 is 11.8 Å². The molecule has 1 aromatic carbocycles. The number of hydrogen-bond acceptors (Lipinski definition) is 8. The summed E-state index contributed by atoms with van der Waals surface area (Å²) >= 11 is 1.69. The van der Waals surface area contributed by atoms with Crippen molar-refractivity contribution >= 4 is 17.7 Å². The molecule has 2 saturated heterocycles. The molecule has 2 aliphatic heterocycles. The van der Waals surface area contributed by atoms with Gasteiger partial charge in [0.05, 0.1) is 20.8 Å². The minimum atomic E-state index is -0.453. The number of hydrogen-bond donors (Lipinski definition) is 1. The summed E-state index contributed by atoms with van der Waals surface area (Å²) in [6, 6.07) is 4.92. The molecule has 144 valence electrons. The summed E-state index contributed by atoms with van der Waals surface area (Å²) in [7, 11) is 3.22. The van der Waals surface area contributed by atoms with Gasteiger partial charge in [-0.1, -0.05) is 0 Å². The van der Waals surface area contributed by atoms with Crippen molar-refractivity contribution in [2.45, 2.75) is 42.6 Å². The summed E-state index contributed by atoms with van der Waals surface area (Å²) < 4.78 is 12.2. The molecule has 2 aromatic rings. The number of aromatic nitrogens is 4. The molecular formula is C17H22N6O3S. The molecular weight excluding hydrogens is 368 g/mol. The third kappa shape index (κ3) is 2.74. The van der Waals surface area contributed by atoms with Gasteiger partial charge in [0.1, 0.15) is 29.0 Å². The molecule has 0 spiro atoms. The number of carbonyl (C=O) groups excluding carboxylic acids is 1. The predicted molar refractivity (Wildman–Crippen MR) is 99.5 cm³/mol. The van der Waals surface area contributed by atoms with Gasteiger partial charge in [-0.2, -0.15) is 0 Å². The number of rotatable bonds is 5. The van der Waals surface area contributed by atoms with Crippen molar-refractivity contribution in [2.24, 2.45) is 5.73 Å². The Morgan fingerprint density at radius 3 is 2.78 bits per heavy atom. The standard InChI is InChI=1S/C17H22N6O3S/c1-17(2)13(23-15(24)12(18)16(23)27-17)14-19-20-21-22(14)8-9-5-6-10(25-3)7-11(9)26-4/h5-7,12-13,16H,8,18H2,1-4H3/t12?,13?,16-/m0/s1. The van der Waals surface area contributed by atoms with Crippen LogP contribution in [0.4, 0.5) is 0 Å². The molecule has 4 rings (SSSR count). The Hall–Kier alpha value is -2.33. The molecule has 9 nitrogen and oxygen atoms in total. The van der Waals surface area contributed by atoms with Gasteiger partial charge in [-0.25, -0.2) is 4.68 Å². The first-order valence-electron chi connectivity index (χ1n) is 8.60. The van der Waals surface area contributed by atoms with Gasteiger partial charge in [0, 0.05) is 16.4 Å². The second kappa shape index (κ2) is 6.38. The second-order valence-corrected chi connectivity index (χ2v) is 8.93. The first-order valence-corrected chi connectivity index (χ1v) is 9.48. The lowest BCUT2D eigenvalue weighted by molar-refractivity contribution is -0.147. The highest BCUT2D eigenvalue weighted by Crippen LogP contribution is 2.56. The van der Waals surface area contributed by atoms with E-state index in [1.165, 1.54) is 0 Å². The fourth-order valence-corrected chi connectivity index (χ4v) is 5.30. The Balaban J connectivity index is 1.67. The summed E-state index contributed by atoms with van der Waals surface area (Å²) in [5, 5.41) is 12.2. The van der Waals surface area contributed by atoms with Crippen molar-refractivity contribution in [2.75, 3.05) is 14.2 Å². The van der Waals surface area contributed by atoms with Crippen LogP contribution in [0.3, 0.4) is 0 Å². The van der Waals surface area contributed by atoms with Gasteiger partial charge < -0.3 is 20.1 Å². The molecule has 0 saturated carbocycles. The van der Waals surface area contributed by atoms with E-state index in [1.807, 2.05) is 23.1 Å². The van der Waals surface area contributed by atoms with Crippen molar-refractivity contribution < 1.29 is 14.3 Å². The van der Waals surface area contributed by atoms with Gasteiger partial charge in [0.2, 0.25) is 5.91 Å². The number of thioether (sulfide) groups is 1. The number of β-lactam (4-membered cyclic amide) rings is 1. The zero-order valence-electron chi connectivity index (χ0n) is 15.6. The van der Waals surface area contributed by atoms with Crippen LogP contribution in [0.5, 0.6) is 11.5 Å². The molecule has 0 radical (unpaired) electrons. The SMILES string of the molecule is COc1ccc(Cn2nnnc2C2N3C(=O)C(N)[C@@H]3SC2(C)C)c(OC)c1. The highest BCUT2D eigenvalue weighted by Gasteiger charge is 2.62. The molecule has 0 bridgehead atoms. The van der Waals surface area contributed by atoms with E-state index in [1.54, 1.807) is 30.7 Å². The Labute approximate surface area is 161 Å². The molecule has 2 unspecified atom stereocenters. The molecule has 27 heavy (non-hydrogen) atoms. The van der Waals surface area contributed by atoms with Crippen molar-refractivity contribution in [3.8, 4) is 11.5 Å². The van der Waals surface area contributed by atoms with E-state index < -0.39 is 6.04 Å². The molecule has 0 aliphatic carbocycles. The van der Waals surface area contributed by atoms with E-state index in [0.717, 1.165) is 5.56 Å². The largest absolute Gasteiger partial charge is 0.497 e. The van der Waals surface area contributed by atoms with Gasteiger partial charge in [-0.15, -0.1) is 16.9 Å². The number of nitrogens with two attached hydrogens (primary N) is 1. The lowest BCUT2D eigenvalue weighted by Gasteiger charge is -2.42. The quantitative estimate of drug-likeness (QED) is 0.747.